The van der Waals surface area contributed by atoms with E-state index in [4.69, 9.17) is 5.73 Å². The Morgan fingerprint density at radius 3 is 2.42 bits per heavy atom. The van der Waals surface area contributed by atoms with Gasteiger partial charge in [-0.3, -0.25) is 0 Å². The molecule has 0 heterocycles. The fourth-order valence-electron chi connectivity index (χ4n) is 0.950. The number of nitrogens with one attached hydrogen (secondary N) is 1. The zero-order valence-corrected chi connectivity index (χ0v) is 7.67. The molecule has 0 radical (unpaired) electrons. The summed E-state index contributed by atoms with van der Waals surface area (Å²) in [7, 11) is 0. The topological polar surface area (TPSA) is 38.0 Å². The van der Waals surface area contributed by atoms with Gasteiger partial charge in [0, 0.05) is 18.3 Å². The first-order valence-electron chi connectivity index (χ1n) is 4.24. The van der Waals surface area contributed by atoms with Crippen LogP contribution in [0.1, 0.15) is 12.5 Å². The van der Waals surface area contributed by atoms with Gasteiger partial charge in [0.25, 0.3) is 0 Å². The standard InChI is InChI=1S/C10H16N2/c1-8-3-5-10(6-4-8)12-7-9(2)11/h3-6,9,12H,7,11H2,1-2H3. The molecule has 0 saturated heterocycles. The minimum absolute atomic E-state index is 0.200. The molecule has 0 aliphatic carbocycles. The summed E-state index contributed by atoms with van der Waals surface area (Å²) in [6.07, 6.45) is 0. The van der Waals surface area contributed by atoms with E-state index >= 15 is 0 Å². The second-order valence-electron chi connectivity index (χ2n) is 3.22. The lowest BCUT2D eigenvalue weighted by Gasteiger charge is -2.08. The van der Waals surface area contributed by atoms with E-state index in [9.17, 15) is 0 Å². The van der Waals surface area contributed by atoms with Crippen molar-refractivity contribution in [2.45, 2.75) is 19.9 Å². The number of nitrogens with two attached hydrogens (primary N) is 1. The van der Waals surface area contributed by atoms with Crippen LogP contribution in [0.3, 0.4) is 0 Å². The Labute approximate surface area is 73.8 Å². The van der Waals surface area contributed by atoms with E-state index in [0.29, 0.717) is 0 Å². The largest absolute Gasteiger partial charge is 0.383 e. The maximum absolute atomic E-state index is 5.61. The molecule has 0 spiro atoms. The highest BCUT2D eigenvalue weighted by atomic mass is 14.9. The van der Waals surface area contributed by atoms with Crippen molar-refractivity contribution in [3.05, 3.63) is 29.8 Å². The highest BCUT2D eigenvalue weighted by Crippen LogP contribution is 2.07. The highest BCUT2D eigenvalue weighted by molar-refractivity contribution is 5.44. The minimum atomic E-state index is 0.200. The van der Waals surface area contributed by atoms with Crippen molar-refractivity contribution in [1.29, 1.82) is 0 Å². The molecular weight excluding hydrogens is 148 g/mol. The molecule has 1 atom stereocenters. The lowest BCUT2D eigenvalue weighted by Crippen LogP contribution is -2.25. The van der Waals surface area contributed by atoms with Crippen LogP contribution < -0.4 is 11.1 Å². The van der Waals surface area contributed by atoms with E-state index < -0.39 is 0 Å². The molecular formula is C10H16N2. The van der Waals surface area contributed by atoms with Gasteiger partial charge in [-0.2, -0.15) is 0 Å². The Morgan fingerprint density at radius 1 is 1.33 bits per heavy atom. The van der Waals surface area contributed by atoms with Gasteiger partial charge < -0.3 is 11.1 Å². The predicted molar refractivity (Wildman–Crippen MR) is 53.3 cm³/mol. The summed E-state index contributed by atoms with van der Waals surface area (Å²) in [6, 6.07) is 8.51. The van der Waals surface area contributed by atoms with Gasteiger partial charge in [0.15, 0.2) is 0 Å². The van der Waals surface area contributed by atoms with Gasteiger partial charge in [-0.15, -0.1) is 0 Å². The van der Waals surface area contributed by atoms with Gasteiger partial charge in [-0.05, 0) is 26.0 Å². The van der Waals surface area contributed by atoms with Gasteiger partial charge in [0.2, 0.25) is 0 Å². The highest BCUT2D eigenvalue weighted by Gasteiger charge is 1.93. The molecule has 2 heteroatoms. The van der Waals surface area contributed by atoms with E-state index in [1.165, 1.54) is 5.56 Å². The van der Waals surface area contributed by atoms with E-state index in [-0.39, 0.29) is 6.04 Å². The van der Waals surface area contributed by atoms with Crippen LogP contribution in [-0.2, 0) is 0 Å². The van der Waals surface area contributed by atoms with Crippen LogP contribution in [-0.4, -0.2) is 12.6 Å². The summed E-state index contributed by atoms with van der Waals surface area (Å²) in [5.74, 6) is 0. The number of rotatable bonds is 3. The first-order valence-corrected chi connectivity index (χ1v) is 4.24. The smallest absolute Gasteiger partial charge is 0.0340 e. The summed E-state index contributed by atoms with van der Waals surface area (Å²) in [6.45, 7) is 4.89. The molecule has 1 unspecified atom stereocenters. The van der Waals surface area contributed by atoms with E-state index in [1.807, 2.05) is 6.92 Å². The Bertz CT molecular complexity index is 226. The van der Waals surface area contributed by atoms with Crippen molar-refractivity contribution >= 4 is 5.69 Å². The van der Waals surface area contributed by atoms with Gasteiger partial charge in [0.1, 0.15) is 0 Å². The number of hydrogen-bond donors (Lipinski definition) is 2. The molecule has 1 rings (SSSR count). The summed E-state index contributed by atoms with van der Waals surface area (Å²) < 4.78 is 0. The van der Waals surface area contributed by atoms with Crippen molar-refractivity contribution in [3.8, 4) is 0 Å². The lowest BCUT2D eigenvalue weighted by atomic mass is 10.2. The Morgan fingerprint density at radius 2 is 1.92 bits per heavy atom. The molecule has 1 aromatic rings. The first kappa shape index (κ1) is 9.07. The van der Waals surface area contributed by atoms with E-state index in [0.717, 1.165) is 12.2 Å². The number of benzene rings is 1. The molecule has 0 bridgehead atoms. The zero-order chi connectivity index (χ0) is 8.97. The van der Waals surface area contributed by atoms with Crippen LogP contribution in [0.25, 0.3) is 0 Å². The molecule has 66 valence electrons. The van der Waals surface area contributed by atoms with Crippen LogP contribution >= 0.6 is 0 Å². The number of aryl methyl sites for hydroxylation is 1. The monoisotopic (exact) mass is 164 g/mol. The predicted octanol–water partition coefficient (Wildman–Crippen LogP) is 1.75. The molecule has 0 fully saturated rings. The average molecular weight is 164 g/mol. The van der Waals surface area contributed by atoms with Crippen LogP contribution in [0.2, 0.25) is 0 Å². The molecule has 0 aromatic heterocycles. The van der Waals surface area contributed by atoms with Gasteiger partial charge in [0.05, 0.1) is 0 Å². The first-order chi connectivity index (χ1) is 5.68. The van der Waals surface area contributed by atoms with Crippen LogP contribution in [0, 0.1) is 6.92 Å². The Hall–Kier alpha value is -1.02. The zero-order valence-electron chi connectivity index (χ0n) is 7.67. The second kappa shape index (κ2) is 4.12. The second-order valence-corrected chi connectivity index (χ2v) is 3.22. The van der Waals surface area contributed by atoms with Crippen LogP contribution in [0.4, 0.5) is 5.69 Å². The lowest BCUT2D eigenvalue weighted by molar-refractivity contribution is 0.780. The van der Waals surface area contributed by atoms with Gasteiger partial charge in [-0.25, -0.2) is 0 Å². The molecule has 2 nitrogen and oxygen atoms in total. The average Bonchev–Trinajstić information content (AvgIpc) is 2.03. The van der Waals surface area contributed by atoms with Crippen molar-refractivity contribution in [2.75, 3.05) is 11.9 Å². The third-order valence-corrected chi connectivity index (χ3v) is 1.68. The summed E-state index contributed by atoms with van der Waals surface area (Å²) in [5, 5.41) is 3.25. The third-order valence-electron chi connectivity index (χ3n) is 1.68. The van der Waals surface area contributed by atoms with Crippen molar-refractivity contribution in [2.24, 2.45) is 5.73 Å². The fourth-order valence-corrected chi connectivity index (χ4v) is 0.950. The molecule has 0 aliphatic rings. The van der Waals surface area contributed by atoms with Crippen LogP contribution in [0.5, 0.6) is 0 Å². The van der Waals surface area contributed by atoms with Gasteiger partial charge in [-0.1, -0.05) is 17.7 Å². The normalized spacial score (nSPS) is 12.6. The van der Waals surface area contributed by atoms with Crippen molar-refractivity contribution in [3.63, 3.8) is 0 Å². The maximum Gasteiger partial charge on any atom is 0.0340 e. The molecule has 12 heavy (non-hydrogen) atoms. The Balaban J connectivity index is 2.48. The maximum atomic E-state index is 5.61. The van der Waals surface area contributed by atoms with Crippen molar-refractivity contribution < 1.29 is 0 Å². The van der Waals surface area contributed by atoms with Crippen molar-refractivity contribution in [1.82, 2.24) is 0 Å². The number of anilines is 1. The molecule has 3 N–H and O–H groups in total. The summed E-state index contributed by atoms with van der Waals surface area (Å²) in [5.41, 5.74) is 8.02. The molecule has 1 aromatic carbocycles. The molecule has 0 aliphatic heterocycles. The summed E-state index contributed by atoms with van der Waals surface area (Å²) >= 11 is 0. The fraction of sp³-hybridized carbons (Fsp3) is 0.400. The van der Waals surface area contributed by atoms with Gasteiger partial charge >= 0.3 is 0 Å². The summed E-state index contributed by atoms with van der Waals surface area (Å²) in [4.78, 5) is 0. The molecule has 0 saturated carbocycles. The van der Waals surface area contributed by atoms with E-state index in [2.05, 4.69) is 36.5 Å². The minimum Gasteiger partial charge on any atom is -0.383 e. The SMILES string of the molecule is Cc1ccc(NCC(C)N)cc1. The Kier molecular flexibility index (Phi) is 3.11. The van der Waals surface area contributed by atoms with Crippen LogP contribution in [0.15, 0.2) is 24.3 Å². The number of hydrogen-bond acceptors (Lipinski definition) is 2. The van der Waals surface area contributed by atoms with E-state index in [1.54, 1.807) is 0 Å². The molecule has 0 amide bonds. The third kappa shape index (κ3) is 2.93. The quantitative estimate of drug-likeness (QED) is 0.714.